The normalized spacial score (nSPS) is 14.4. The van der Waals surface area contributed by atoms with Crippen molar-refractivity contribution in [1.82, 2.24) is 9.80 Å². The number of nitrogens with zero attached hydrogens (tertiary/aromatic N) is 2. The van der Waals surface area contributed by atoms with E-state index in [0.717, 1.165) is 21.9 Å². The minimum absolute atomic E-state index is 0.0167. The Balaban J connectivity index is 1.66. The second-order valence-corrected chi connectivity index (χ2v) is 6.23. The molecule has 0 radical (unpaired) electrons. The third-order valence-electron chi connectivity index (χ3n) is 3.46. The SMILES string of the molecule is O=C(CN1C(=O)C(=O)N(Cc2cccs2)C1=O)Nc1ccc(F)cc1. The summed E-state index contributed by atoms with van der Waals surface area (Å²) in [7, 11) is 0. The average molecular weight is 361 g/mol. The summed E-state index contributed by atoms with van der Waals surface area (Å²) in [6.07, 6.45) is 0. The molecule has 1 aromatic heterocycles. The molecule has 0 aliphatic carbocycles. The van der Waals surface area contributed by atoms with Crippen molar-refractivity contribution < 1.29 is 23.6 Å². The Hall–Kier alpha value is -3.07. The molecule has 25 heavy (non-hydrogen) atoms. The van der Waals surface area contributed by atoms with Gasteiger partial charge in [0.15, 0.2) is 0 Å². The number of thiophene rings is 1. The van der Waals surface area contributed by atoms with E-state index in [1.165, 1.54) is 23.5 Å². The van der Waals surface area contributed by atoms with Crippen molar-refractivity contribution in [2.24, 2.45) is 0 Å². The van der Waals surface area contributed by atoms with Gasteiger partial charge in [0.2, 0.25) is 5.91 Å². The number of carbonyl (C=O) groups is 4. The molecule has 1 aliphatic rings. The molecule has 2 heterocycles. The number of amides is 5. The van der Waals surface area contributed by atoms with E-state index in [9.17, 15) is 23.6 Å². The van der Waals surface area contributed by atoms with Crippen molar-refractivity contribution in [3.05, 3.63) is 52.5 Å². The smallest absolute Gasteiger partial charge is 0.325 e. The van der Waals surface area contributed by atoms with E-state index in [1.807, 2.05) is 0 Å². The number of benzene rings is 1. The fourth-order valence-corrected chi connectivity index (χ4v) is 2.96. The van der Waals surface area contributed by atoms with Gasteiger partial charge in [0.1, 0.15) is 12.4 Å². The molecule has 9 heteroatoms. The third kappa shape index (κ3) is 3.56. The fraction of sp³-hybridized carbons (Fsp3) is 0.125. The van der Waals surface area contributed by atoms with Crippen LogP contribution in [0.15, 0.2) is 41.8 Å². The molecule has 1 saturated heterocycles. The molecule has 1 N–H and O–H groups in total. The first-order valence-corrected chi connectivity index (χ1v) is 8.09. The fourth-order valence-electron chi connectivity index (χ4n) is 2.26. The van der Waals surface area contributed by atoms with E-state index in [1.54, 1.807) is 17.5 Å². The predicted molar refractivity (Wildman–Crippen MR) is 87.0 cm³/mol. The van der Waals surface area contributed by atoms with Gasteiger partial charge in [-0.3, -0.25) is 19.3 Å². The van der Waals surface area contributed by atoms with Crippen LogP contribution in [0.2, 0.25) is 0 Å². The van der Waals surface area contributed by atoms with Crippen LogP contribution in [-0.4, -0.2) is 40.1 Å². The van der Waals surface area contributed by atoms with E-state index < -0.39 is 36.1 Å². The van der Waals surface area contributed by atoms with Crippen LogP contribution in [0.25, 0.3) is 0 Å². The molecule has 7 nitrogen and oxygen atoms in total. The van der Waals surface area contributed by atoms with Gasteiger partial charge in [0.05, 0.1) is 6.54 Å². The van der Waals surface area contributed by atoms with E-state index >= 15 is 0 Å². The van der Waals surface area contributed by atoms with E-state index in [-0.39, 0.29) is 6.54 Å². The minimum Gasteiger partial charge on any atom is -0.325 e. The molecule has 2 aromatic rings. The van der Waals surface area contributed by atoms with Crippen molar-refractivity contribution in [2.75, 3.05) is 11.9 Å². The number of urea groups is 1. The molecule has 0 spiro atoms. The Kier molecular flexibility index (Phi) is 4.57. The first-order valence-electron chi connectivity index (χ1n) is 7.21. The van der Waals surface area contributed by atoms with Crippen molar-refractivity contribution >= 4 is 40.8 Å². The molecule has 0 unspecified atom stereocenters. The predicted octanol–water partition coefficient (Wildman–Crippen LogP) is 1.82. The van der Waals surface area contributed by atoms with E-state index in [0.29, 0.717) is 10.6 Å². The van der Waals surface area contributed by atoms with Crippen LogP contribution in [0.4, 0.5) is 14.9 Å². The first kappa shape index (κ1) is 16.8. The zero-order valence-corrected chi connectivity index (χ0v) is 13.6. The lowest BCUT2D eigenvalue weighted by molar-refractivity contribution is -0.143. The van der Waals surface area contributed by atoms with Crippen LogP contribution in [0.5, 0.6) is 0 Å². The van der Waals surface area contributed by atoms with Gasteiger partial charge in [-0.2, -0.15) is 0 Å². The molecule has 0 saturated carbocycles. The standard InChI is InChI=1S/C16H12FN3O4S/c17-10-3-5-11(6-4-10)18-13(21)9-20-15(23)14(22)19(16(20)24)8-12-2-1-7-25-12/h1-7H,8-9H2,(H,18,21). The Labute approximate surface area is 145 Å². The van der Waals surface area contributed by atoms with Gasteiger partial charge in [-0.25, -0.2) is 14.1 Å². The lowest BCUT2D eigenvalue weighted by Gasteiger charge is -2.14. The summed E-state index contributed by atoms with van der Waals surface area (Å²) in [5, 5.41) is 4.22. The maximum Gasteiger partial charge on any atom is 0.335 e. The molecule has 128 valence electrons. The van der Waals surface area contributed by atoms with Gasteiger partial charge >= 0.3 is 17.8 Å². The molecule has 3 rings (SSSR count). The highest BCUT2D eigenvalue weighted by molar-refractivity contribution is 7.09. The van der Waals surface area contributed by atoms with Crippen LogP contribution in [0.1, 0.15) is 4.88 Å². The van der Waals surface area contributed by atoms with Crippen LogP contribution in [0, 0.1) is 5.82 Å². The highest BCUT2D eigenvalue weighted by Crippen LogP contribution is 2.19. The zero-order chi connectivity index (χ0) is 18.0. The summed E-state index contributed by atoms with van der Waals surface area (Å²) in [6, 6.07) is 7.67. The molecule has 0 bridgehead atoms. The summed E-state index contributed by atoms with van der Waals surface area (Å²) >= 11 is 1.35. The molecular weight excluding hydrogens is 349 g/mol. The number of rotatable bonds is 5. The second-order valence-electron chi connectivity index (χ2n) is 5.20. The number of hydrogen-bond acceptors (Lipinski definition) is 5. The summed E-state index contributed by atoms with van der Waals surface area (Å²) in [6.45, 7) is -0.612. The van der Waals surface area contributed by atoms with Gasteiger partial charge in [0.25, 0.3) is 0 Å². The number of hydrogen-bond donors (Lipinski definition) is 1. The summed E-state index contributed by atoms with van der Waals surface area (Å²) < 4.78 is 12.8. The third-order valence-corrected chi connectivity index (χ3v) is 4.32. The monoisotopic (exact) mass is 361 g/mol. The zero-order valence-electron chi connectivity index (χ0n) is 12.8. The maximum atomic E-state index is 12.8. The van der Waals surface area contributed by atoms with Crippen LogP contribution >= 0.6 is 11.3 Å². The van der Waals surface area contributed by atoms with Crippen LogP contribution in [0.3, 0.4) is 0 Å². The molecule has 5 amide bonds. The first-order chi connectivity index (χ1) is 12.0. The van der Waals surface area contributed by atoms with Crippen molar-refractivity contribution in [3.63, 3.8) is 0 Å². The highest BCUT2D eigenvalue weighted by Gasteiger charge is 2.45. The average Bonchev–Trinajstić information content (AvgIpc) is 3.16. The van der Waals surface area contributed by atoms with Gasteiger partial charge < -0.3 is 5.32 Å². The topological polar surface area (TPSA) is 86.8 Å². The van der Waals surface area contributed by atoms with E-state index in [2.05, 4.69) is 5.32 Å². The number of nitrogens with one attached hydrogen (secondary N) is 1. The Morgan fingerprint density at radius 3 is 2.36 bits per heavy atom. The summed E-state index contributed by atoms with van der Waals surface area (Å²) in [4.78, 5) is 50.4. The molecule has 0 atom stereocenters. The van der Waals surface area contributed by atoms with Crippen molar-refractivity contribution in [2.45, 2.75) is 6.54 Å². The Morgan fingerprint density at radius 1 is 1.04 bits per heavy atom. The largest absolute Gasteiger partial charge is 0.335 e. The quantitative estimate of drug-likeness (QED) is 0.650. The van der Waals surface area contributed by atoms with Crippen molar-refractivity contribution in [3.8, 4) is 0 Å². The van der Waals surface area contributed by atoms with E-state index in [4.69, 9.17) is 0 Å². The Bertz CT molecular complexity index is 836. The lowest BCUT2D eigenvalue weighted by Crippen LogP contribution is -2.38. The van der Waals surface area contributed by atoms with Gasteiger partial charge in [-0.1, -0.05) is 6.07 Å². The number of imide groups is 2. The highest BCUT2D eigenvalue weighted by atomic mass is 32.1. The molecule has 1 aliphatic heterocycles. The number of halogens is 1. The Morgan fingerprint density at radius 2 is 1.72 bits per heavy atom. The van der Waals surface area contributed by atoms with Gasteiger partial charge in [-0.05, 0) is 35.7 Å². The van der Waals surface area contributed by atoms with Crippen molar-refractivity contribution in [1.29, 1.82) is 0 Å². The van der Waals surface area contributed by atoms with Gasteiger partial charge in [-0.15, -0.1) is 11.3 Å². The number of carbonyl (C=O) groups excluding carboxylic acids is 4. The second kappa shape index (κ2) is 6.81. The summed E-state index contributed by atoms with van der Waals surface area (Å²) in [5.41, 5.74) is 0.312. The maximum absolute atomic E-state index is 12.8. The molecular formula is C16H12FN3O4S. The number of anilines is 1. The van der Waals surface area contributed by atoms with Crippen LogP contribution < -0.4 is 5.32 Å². The summed E-state index contributed by atoms with van der Waals surface area (Å²) in [5.74, 6) is -3.14. The molecule has 1 aromatic carbocycles. The molecule has 1 fully saturated rings. The minimum atomic E-state index is -1.05. The van der Waals surface area contributed by atoms with Crippen LogP contribution in [-0.2, 0) is 20.9 Å². The van der Waals surface area contributed by atoms with Gasteiger partial charge in [0, 0.05) is 10.6 Å². The lowest BCUT2D eigenvalue weighted by atomic mass is 10.3.